The predicted molar refractivity (Wildman–Crippen MR) is 85.2 cm³/mol. The van der Waals surface area contributed by atoms with Gasteiger partial charge in [-0.3, -0.25) is 4.57 Å². The largest absolute Gasteiger partial charge is 0.369 e. The van der Waals surface area contributed by atoms with Crippen molar-refractivity contribution in [3.8, 4) is 5.69 Å². The van der Waals surface area contributed by atoms with Crippen LogP contribution in [0, 0.1) is 6.92 Å². The highest BCUT2D eigenvalue weighted by molar-refractivity contribution is 6.36. The maximum Gasteiger partial charge on any atom is 0.206 e. The molecule has 0 saturated heterocycles. The summed E-state index contributed by atoms with van der Waals surface area (Å²) >= 11 is 18.6. The van der Waals surface area contributed by atoms with Crippen LogP contribution in [0.4, 0.5) is 5.95 Å². The highest BCUT2D eigenvalue weighted by atomic mass is 35.5. The molecule has 1 heterocycles. The third kappa shape index (κ3) is 2.03. The monoisotopic (exact) mass is 325 g/mol. The molecule has 0 saturated carbocycles. The van der Waals surface area contributed by atoms with Crippen LogP contribution in [0.5, 0.6) is 0 Å². The predicted octanol–water partition coefficient (Wildman–Crippen LogP) is 4.88. The zero-order valence-corrected chi connectivity index (χ0v) is 12.8. The van der Waals surface area contributed by atoms with E-state index in [1.807, 2.05) is 19.1 Å². The number of rotatable bonds is 1. The molecule has 0 spiro atoms. The number of hydrogen-bond acceptors (Lipinski definition) is 2. The van der Waals surface area contributed by atoms with E-state index in [9.17, 15) is 0 Å². The SMILES string of the molecule is Cc1cc(Cl)c(-n2c(N)nc3c(Cl)cccc32)cc1Cl. The molecular formula is C14H10Cl3N3. The van der Waals surface area contributed by atoms with Crippen molar-refractivity contribution in [3.05, 3.63) is 51.0 Å². The number of para-hydroxylation sites is 1. The second-order valence-electron chi connectivity index (χ2n) is 4.47. The first-order valence-electron chi connectivity index (χ1n) is 5.87. The van der Waals surface area contributed by atoms with E-state index in [1.165, 1.54) is 0 Å². The summed E-state index contributed by atoms with van der Waals surface area (Å²) in [6.07, 6.45) is 0. The van der Waals surface area contributed by atoms with Crippen LogP contribution in [0.15, 0.2) is 30.3 Å². The molecule has 0 aliphatic carbocycles. The fourth-order valence-electron chi connectivity index (χ4n) is 2.14. The number of nitrogens with zero attached hydrogens (tertiary/aromatic N) is 2. The molecule has 2 aromatic carbocycles. The lowest BCUT2D eigenvalue weighted by Crippen LogP contribution is -2.01. The van der Waals surface area contributed by atoms with Gasteiger partial charge in [0, 0.05) is 5.02 Å². The minimum atomic E-state index is 0.315. The zero-order chi connectivity index (χ0) is 14.4. The van der Waals surface area contributed by atoms with Crippen molar-refractivity contribution >= 4 is 51.8 Å². The number of nitrogen functional groups attached to an aromatic ring is 1. The first-order chi connectivity index (χ1) is 9.49. The minimum Gasteiger partial charge on any atom is -0.369 e. The van der Waals surface area contributed by atoms with Gasteiger partial charge in [0.05, 0.1) is 21.2 Å². The van der Waals surface area contributed by atoms with Gasteiger partial charge in [0.25, 0.3) is 0 Å². The summed E-state index contributed by atoms with van der Waals surface area (Å²) in [4.78, 5) is 4.29. The first kappa shape index (κ1) is 13.6. The summed E-state index contributed by atoms with van der Waals surface area (Å²) in [5.41, 5.74) is 9.02. The second kappa shape index (κ2) is 4.85. The van der Waals surface area contributed by atoms with E-state index in [-0.39, 0.29) is 0 Å². The molecule has 0 aliphatic heterocycles. The Morgan fingerprint density at radius 3 is 2.55 bits per heavy atom. The quantitative estimate of drug-likeness (QED) is 0.693. The molecule has 3 nitrogen and oxygen atoms in total. The Bertz CT molecular complexity index is 824. The van der Waals surface area contributed by atoms with Crippen LogP contribution in [-0.4, -0.2) is 9.55 Å². The molecule has 20 heavy (non-hydrogen) atoms. The standard InChI is InChI=1S/C14H10Cl3N3/c1-7-5-10(17)12(6-9(7)16)20-11-4-2-3-8(15)13(11)19-14(20)18/h2-6H,1H3,(H2,18,19). The molecule has 6 heteroatoms. The molecular weight excluding hydrogens is 317 g/mol. The summed E-state index contributed by atoms with van der Waals surface area (Å²) in [5.74, 6) is 0.315. The maximum atomic E-state index is 6.31. The Morgan fingerprint density at radius 1 is 1.05 bits per heavy atom. The molecule has 0 atom stereocenters. The van der Waals surface area contributed by atoms with Crippen LogP contribution < -0.4 is 5.73 Å². The minimum absolute atomic E-state index is 0.315. The van der Waals surface area contributed by atoms with Crippen LogP contribution in [0.3, 0.4) is 0 Å². The molecule has 0 amide bonds. The molecule has 0 bridgehead atoms. The number of anilines is 1. The number of benzene rings is 2. The number of fused-ring (bicyclic) bond motifs is 1. The van der Waals surface area contributed by atoms with Crippen molar-refractivity contribution in [1.29, 1.82) is 0 Å². The first-order valence-corrected chi connectivity index (χ1v) is 7.01. The number of halogens is 3. The summed E-state index contributed by atoms with van der Waals surface area (Å²) < 4.78 is 1.74. The summed E-state index contributed by atoms with van der Waals surface area (Å²) in [6, 6.07) is 9.07. The van der Waals surface area contributed by atoms with Gasteiger partial charge in [-0.25, -0.2) is 4.98 Å². The highest BCUT2D eigenvalue weighted by Gasteiger charge is 2.15. The Kier molecular flexibility index (Phi) is 3.28. The fraction of sp³-hybridized carbons (Fsp3) is 0.0714. The van der Waals surface area contributed by atoms with Crippen LogP contribution in [-0.2, 0) is 0 Å². The van der Waals surface area contributed by atoms with Crippen molar-refractivity contribution < 1.29 is 0 Å². The number of aromatic nitrogens is 2. The molecule has 0 aliphatic rings. The van der Waals surface area contributed by atoms with E-state index in [0.717, 1.165) is 11.1 Å². The lowest BCUT2D eigenvalue weighted by atomic mass is 10.2. The van der Waals surface area contributed by atoms with E-state index >= 15 is 0 Å². The lowest BCUT2D eigenvalue weighted by Gasteiger charge is -2.11. The van der Waals surface area contributed by atoms with Crippen molar-refractivity contribution in [2.45, 2.75) is 6.92 Å². The Labute approximate surface area is 130 Å². The van der Waals surface area contributed by atoms with Gasteiger partial charge in [-0.1, -0.05) is 40.9 Å². The number of nitrogens with two attached hydrogens (primary N) is 1. The van der Waals surface area contributed by atoms with Gasteiger partial charge < -0.3 is 5.73 Å². The molecule has 0 unspecified atom stereocenters. The third-order valence-corrected chi connectivity index (χ3v) is 4.15. The van der Waals surface area contributed by atoms with Gasteiger partial charge >= 0.3 is 0 Å². The van der Waals surface area contributed by atoms with Crippen LogP contribution in [0.2, 0.25) is 15.1 Å². The summed E-state index contributed by atoms with van der Waals surface area (Å²) in [7, 11) is 0. The van der Waals surface area contributed by atoms with Gasteiger partial charge in [0.1, 0.15) is 5.52 Å². The van der Waals surface area contributed by atoms with Crippen LogP contribution >= 0.6 is 34.8 Å². The molecule has 1 aromatic heterocycles. The summed E-state index contributed by atoms with van der Waals surface area (Å²) in [6.45, 7) is 1.89. The zero-order valence-electron chi connectivity index (χ0n) is 10.5. The van der Waals surface area contributed by atoms with E-state index in [4.69, 9.17) is 40.5 Å². The highest BCUT2D eigenvalue weighted by Crippen LogP contribution is 2.33. The Hall–Kier alpha value is -1.42. The Balaban J connectivity index is 2.38. The molecule has 3 rings (SSSR count). The van der Waals surface area contributed by atoms with E-state index in [2.05, 4.69) is 4.98 Å². The molecule has 102 valence electrons. The van der Waals surface area contributed by atoms with E-state index < -0.39 is 0 Å². The third-order valence-electron chi connectivity index (χ3n) is 3.13. The molecule has 3 aromatic rings. The van der Waals surface area contributed by atoms with Gasteiger partial charge in [-0.05, 0) is 36.8 Å². The van der Waals surface area contributed by atoms with Crippen molar-refractivity contribution in [2.24, 2.45) is 0 Å². The van der Waals surface area contributed by atoms with Crippen LogP contribution in [0.25, 0.3) is 16.7 Å². The number of aryl methyl sites for hydroxylation is 1. The lowest BCUT2D eigenvalue weighted by molar-refractivity contribution is 1.11. The van der Waals surface area contributed by atoms with Gasteiger partial charge in [0.2, 0.25) is 5.95 Å². The Morgan fingerprint density at radius 2 is 1.80 bits per heavy atom. The van der Waals surface area contributed by atoms with Gasteiger partial charge in [0.15, 0.2) is 0 Å². The number of imidazole rings is 1. The average molecular weight is 327 g/mol. The van der Waals surface area contributed by atoms with Gasteiger partial charge in [-0.15, -0.1) is 0 Å². The van der Waals surface area contributed by atoms with Gasteiger partial charge in [-0.2, -0.15) is 0 Å². The number of hydrogen-bond donors (Lipinski definition) is 1. The smallest absolute Gasteiger partial charge is 0.206 e. The molecule has 0 fully saturated rings. The van der Waals surface area contributed by atoms with Crippen molar-refractivity contribution in [1.82, 2.24) is 9.55 Å². The van der Waals surface area contributed by atoms with E-state index in [0.29, 0.717) is 32.2 Å². The fourth-order valence-corrected chi connectivity index (χ4v) is 2.82. The topological polar surface area (TPSA) is 43.8 Å². The van der Waals surface area contributed by atoms with Crippen molar-refractivity contribution in [3.63, 3.8) is 0 Å². The molecule has 2 N–H and O–H groups in total. The normalized spacial score (nSPS) is 11.2. The second-order valence-corrected chi connectivity index (χ2v) is 5.69. The molecule has 0 radical (unpaired) electrons. The maximum absolute atomic E-state index is 6.31. The summed E-state index contributed by atoms with van der Waals surface area (Å²) in [5, 5.41) is 1.72. The van der Waals surface area contributed by atoms with Crippen molar-refractivity contribution in [2.75, 3.05) is 5.73 Å². The average Bonchev–Trinajstić information content (AvgIpc) is 2.72. The van der Waals surface area contributed by atoms with Crippen LogP contribution in [0.1, 0.15) is 5.56 Å². The van der Waals surface area contributed by atoms with E-state index in [1.54, 1.807) is 22.8 Å².